The fraction of sp³-hybridized carbons (Fsp3) is 0.917. The molecule has 0 spiro atoms. The van der Waals surface area contributed by atoms with E-state index in [4.69, 9.17) is 4.74 Å². The third-order valence-electron chi connectivity index (χ3n) is 3.99. The van der Waals surface area contributed by atoms with Crippen LogP contribution in [-0.4, -0.2) is 38.3 Å². The molecule has 3 unspecified atom stereocenters. The van der Waals surface area contributed by atoms with Crippen LogP contribution in [0.4, 0.5) is 0 Å². The second-order valence-electron chi connectivity index (χ2n) is 5.06. The highest BCUT2D eigenvalue weighted by Gasteiger charge is 2.34. The average molecular weight is 226 g/mol. The summed E-state index contributed by atoms with van der Waals surface area (Å²) in [6.07, 6.45) is 3.55. The molecule has 0 aromatic rings. The fourth-order valence-corrected chi connectivity index (χ4v) is 2.87. The van der Waals surface area contributed by atoms with Crippen molar-refractivity contribution in [3.63, 3.8) is 0 Å². The van der Waals surface area contributed by atoms with Crippen LogP contribution in [-0.2, 0) is 9.53 Å². The molecule has 2 fully saturated rings. The van der Waals surface area contributed by atoms with E-state index in [2.05, 4.69) is 17.6 Å². The van der Waals surface area contributed by atoms with Gasteiger partial charge in [-0.05, 0) is 18.8 Å². The summed E-state index contributed by atoms with van der Waals surface area (Å²) in [4.78, 5) is 12.1. The van der Waals surface area contributed by atoms with Crippen molar-refractivity contribution in [1.82, 2.24) is 10.6 Å². The van der Waals surface area contributed by atoms with Crippen molar-refractivity contribution in [3.8, 4) is 0 Å². The maximum atomic E-state index is 12.1. The molecule has 0 aromatic heterocycles. The van der Waals surface area contributed by atoms with Crippen LogP contribution in [0.15, 0.2) is 0 Å². The highest BCUT2D eigenvalue weighted by atomic mass is 16.5. The summed E-state index contributed by atoms with van der Waals surface area (Å²) >= 11 is 0. The van der Waals surface area contributed by atoms with Gasteiger partial charge in [-0.2, -0.15) is 0 Å². The minimum atomic E-state index is 0.126. The SMILES string of the molecule is CO[C@H]1CNCC1NC(=O)C1CCCC1C. The summed E-state index contributed by atoms with van der Waals surface area (Å²) in [5, 5.41) is 6.37. The molecule has 2 rings (SSSR count). The predicted molar refractivity (Wildman–Crippen MR) is 62.1 cm³/mol. The molecular weight excluding hydrogens is 204 g/mol. The van der Waals surface area contributed by atoms with Gasteiger partial charge in [0.25, 0.3) is 0 Å². The average Bonchev–Trinajstić information content (AvgIpc) is 2.86. The summed E-state index contributed by atoms with van der Waals surface area (Å²) in [5.41, 5.74) is 0. The first-order valence-electron chi connectivity index (χ1n) is 6.26. The van der Waals surface area contributed by atoms with Crippen LogP contribution in [0.1, 0.15) is 26.2 Å². The summed E-state index contributed by atoms with van der Waals surface area (Å²) in [6.45, 7) is 3.84. The molecule has 4 atom stereocenters. The lowest BCUT2D eigenvalue weighted by atomic mass is 9.97. The number of carbonyl (C=O) groups is 1. The van der Waals surface area contributed by atoms with Gasteiger partial charge in [0.15, 0.2) is 0 Å². The lowest BCUT2D eigenvalue weighted by Crippen LogP contribution is -2.46. The molecule has 1 amide bonds. The molecule has 1 saturated heterocycles. The lowest BCUT2D eigenvalue weighted by Gasteiger charge is -2.22. The van der Waals surface area contributed by atoms with E-state index in [1.54, 1.807) is 7.11 Å². The number of nitrogens with one attached hydrogen (secondary N) is 2. The number of carbonyl (C=O) groups excluding carboxylic acids is 1. The number of hydrogen-bond donors (Lipinski definition) is 2. The molecule has 2 aliphatic rings. The van der Waals surface area contributed by atoms with E-state index in [0.717, 1.165) is 19.5 Å². The van der Waals surface area contributed by atoms with Gasteiger partial charge in [-0.3, -0.25) is 4.79 Å². The van der Waals surface area contributed by atoms with Gasteiger partial charge in [0, 0.05) is 26.1 Å². The minimum absolute atomic E-state index is 0.126. The van der Waals surface area contributed by atoms with E-state index in [-0.39, 0.29) is 24.0 Å². The number of rotatable bonds is 3. The van der Waals surface area contributed by atoms with Crippen molar-refractivity contribution in [2.45, 2.75) is 38.3 Å². The Hall–Kier alpha value is -0.610. The molecular formula is C12H22N2O2. The summed E-state index contributed by atoms with van der Waals surface area (Å²) in [7, 11) is 1.70. The van der Waals surface area contributed by atoms with Crippen molar-refractivity contribution in [2.75, 3.05) is 20.2 Å². The van der Waals surface area contributed by atoms with Gasteiger partial charge < -0.3 is 15.4 Å². The van der Waals surface area contributed by atoms with E-state index in [1.165, 1.54) is 12.8 Å². The highest BCUT2D eigenvalue weighted by Crippen LogP contribution is 2.31. The maximum Gasteiger partial charge on any atom is 0.223 e. The van der Waals surface area contributed by atoms with E-state index >= 15 is 0 Å². The topological polar surface area (TPSA) is 50.4 Å². The summed E-state index contributed by atoms with van der Waals surface area (Å²) < 4.78 is 5.34. The van der Waals surface area contributed by atoms with Gasteiger partial charge in [0.05, 0.1) is 12.1 Å². The van der Waals surface area contributed by atoms with E-state index in [1.807, 2.05) is 0 Å². The molecule has 4 nitrogen and oxygen atoms in total. The molecule has 1 aliphatic heterocycles. The first kappa shape index (κ1) is 11.9. The summed E-state index contributed by atoms with van der Waals surface area (Å²) in [6, 6.07) is 0.144. The lowest BCUT2D eigenvalue weighted by molar-refractivity contribution is -0.127. The molecule has 0 radical (unpaired) electrons. The maximum absolute atomic E-state index is 12.1. The monoisotopic (exact) mass is 226 g/mol. The van der Waals surface area contributed by atoms with Crippen molar-refractivity contribution < 1.29 is 9.53 Å². The standard InChI is InChI=1S/C12H22N2O2/c1-8-4-3-5-9(8)12(15)14-10-6-13-7-11(10)16-2/h8-11,13H,3-7H2,1-2H3,(H,14,15)/t8?,9?,10?,11-/m0/s1. The highest BCUT2D eigenvalue weighted by molar-refractivity contribution is 5.79. The largest absolute Gasteiger partial charge is 0.378 e. The van der Waals surface area contributed by atoms with Crippen LogP contribution >= 0.6 is 0 Å². The van der Waals surface area contributed by atoms with Gasteiger partial charge in [0.2, 0.25) is 5.91 Å². The zero-order valence-electron chi connectivity index (χ0n) is 10.2. The third kappa shape index (κ3) is 2.38. The van der Waals surface area contributed by atoms with Crippen LogP contribution in [0.25, 0.3) is 0 Å². The van der Waals surface area contributed by atoms with E-state index in [0.29, 0.717) is 5.92 Å². The smallest absolute Gasteiger partial charge is 0.223 e. The van der Waals surface area contributed by atoms with Gasteiger partial charge in [-0.25, -0.2) is 0 Å². The Morgan fingerprint density at radius 2 is 2.19 bits per heavy atom. The van der Waals surface area contributed by atoms with Crippen LogP contribution in [0.2, 0.25) is 0 Å². The Balaban J connectivity index is 1.86. The van der Waals surface area contributed by atoms with Gasteiger partial charge in [0.1, 0.15) is 0 Å². The Kier molecular flexibility index (Phi) is 3.82. The predicted octanol–water partition coefficient (Wildman–Crippen LogP) is 0.526. The molecule has 4 heteroatoms. The van der Waals surface area contributed by atoms with Crippen molar-refractivity contribution in [3.05, 3.63) is 0 Å². The Morgan fingerprint density at radius 3 is 2.81 bits per heavy atom. The van der Waals surface area contributed by atoms with Gasteiger partial charge >= 0.3 is 0 Å². The van der Waals surface area contributed by atoms with Crippen molar-refractivity contribution >= 4 is 5.91 Å². The number of ether oxygens (including phenoxy) is 1. The van der Waals surface area contributed by atoms with Crippen molar-refractivity contribution in [1.29, 1.82) is 0 Å². The quantitative estimate of drug-likeness (QED) is 0.738. The fourth-order valence-electron chi connectivity index (χ4n) is 2.87. The van der Waals surface area contributed by atoms with Gasteiger partial charge in [-0.15, -0.1) is 0 Å². The molecule has 0 aromatic carbocycles. The third-order valence-corrected chi connectivity index (χ3v) is 3.99. The number of amides is 1. The number of hydrogen-bond acceptors (Lipinski definition) is 3. The second-order valence-corrected chi connectivity index (χ2v) is 5.06. The first-order chi connectivity index (χ1) is 7.72. The summed E-state index contributed by atoms with van der Waals surface area (Å²) in [5.74, 6) is 0.981. The zero-order chi connectivity index (χ0) is 11.5. The van der Waals surface area contributed by atoms with E-state index in [9.17, 15) is 4.79 Å². The molecule has 16 heavy (non-hydrogen) atoms. The minimum Gasteiger partial charge on any atom is -0.378 e. The molecule has 2 N–H and O–H groups in total. The van der Waals surface area contributed by atoms with E-state index < -0.39 is 0 Å². The van der Waals surface area contributed by atoms with Crippen LogP contribution in [0.5, 0.6) is 0 Å². The van der Waals surface area contributed by atoms with Crippen LogP contribution in [0.3, 0.4) is 0 Å². The molecule has 92 valence electrons. The van der Waals surface area contributed by atoms with Crippen molar-refractivity contribution in [2.24, 2.45) is 11.8 Å². The Labute approximate surface area is 97.1 Å². The number of methoxy groups -OCH3 is 1. The second kappa shape index (κ2) is 5.15. The van der Waals surface area contributed by atoms with Crippen LogP contribution < -0.4 is 10.6 Å². The molecule has 0 bridgehead atoms. The molecule has 1 aliphatic carbocycles. The molecule has 1 saturated carbocycles. The normalized spacial score (nSPS) is 38.9. The van der Waals surface area contributed by atoms with Gasteiger partial charge in [-0.1, -0.05) is 13.3 Å². The zero-order valence-corrected chi connectivity index (χ0v) is 10.2. The van der Waals surface area contributed by atoms with Crippen LogP contribution in [0, 0.1) is 11.8 Å². The molecule has 1 heterocycles. The Bertz CT molecular complexity index is 257. The Morgan fingerprint density at radius 1 is 1.38 bits per heavy atom. The first-order valence-corrected chi connectivity index (χ1v) is 6.26.